The SMILES string of the molecule is CC(C)[C@H](C/C=C/COCc1ccccc1)C(=O)OCl. The highest BCUT2D eigenvalue weighted by atomic mass is 35.5. The number of carbonyl (C=O) groups is 1. The molecule has 4 heteroatoms. The third-order valence-electron chi connectivity index (χ3n) is 3.07. The van der Waals surface area contributed by atoms with Gasteiger partial charge in [-0.2, -0.15) is 0 Å². The lowest BCUT2D eigenvalue weighted by Crippen LogP contribution is -2.19. The van der Waals surface area contributed by atoms with Crippen LogP contribution in [-0.2, 0) is 20.4 Å². The summed E-state index contributed by atoms with van der Waals surface area (Å²) in [5, 5.41) is 0. The fourth-order valence-electron chi connectivity index (χ4n) is 1.83. The molecule has 0 heterocycles. The molecule has 0 amide bonds. The van der Waals surface area contributed by atoms with E-state index in [1.165, 1.54) is 0 Å². The summed E-state index contributed by atoms with van der Waals surface area (Å²) < 4.78 is 9.80. The van der Waals surface area contributed by atoms with Gasteiger partial charge >= 0.3 is 5.97 Å². The lowest BCUT2D eigenvalue weighted by Gasteiger charge is -2.14. The Morgan fingerprint density at radius 1 is 1.25 bits per heavy atom. The molecule has 1 atom stereocenters. The predicted octanol–water partition coefficient (Wildman–Crippen LogP) is 4.12. The highest BCUT2D eigenvalue weighted by Crippen LogP contribution is 2.18. The van der Waals surface area contributed by atoms with Gasteiger partial charge in [0, 0.05) is 0 Å². The Morgan fingerprint density at radius 3 is 2.55 bits per heavy atom. The minimum absolute atomic E-state index is 0.191. The van der Waals surface area contributed by atoms with Crippen LogP contribution in [0.5, 0.6) is 0 Å². The van der Waals surface area contributed by atoms with Gasteiger partial charge in [0.25, 0.3) is 0 Å². The number of rotatable bonds is 8. The van der Waals surface area contributed by atoms with Crippen LogP contribution in [-0.4, -0.2) is 12.6 Å². The third kappa shape index (κ3) is 6.22. The Kier molecular flexibility index (Phi) is 8.00. The summed E-state index contributed by atoms with van der Waals surface area (Å²) in [6, 6.07) is 9.99. The van der Waals surface area contributed by atoms with Crippen molar-refractivity contribution in [2.24, 2.45) is 11.8 Å². The average molecular weight is 297 g/mol. The smallest absolute Gasteiger partial charge is 0.328 e. The zero-order valence-electron chi connectivity index (χ0n) is 11.9. The molecule has 0 spiro atoms. The van der Waals surface area contributed by atoms with Gasteiger partial charge in [0.1, 0.15) is 11.9 Å². The van der Waals surface area contributed by atoms with Crippen LogP contribution in [0.2, 0.25) is 0 Å². The normalized spacial score (nSPS) is 12.8. The van der Waals surface area contributed by atoms with E-state index in [1.54, 1.807) is 0 Å². The molecule has 1 aromatic carbocycles. The van der Waals surface area contributed by atoms with Gasteiger partial charge in [-0.3, -0.25) is 4.79 Å². The van der Waals surface area contributed by atoms with Crippen molar-refractivity contribution in [3.63, 3.8) is 0 Å². The van der Waals surface area contributed by atoms with Crippen LogP contribution in [0.4, 0.5) is 0 Å². The van der Waals surface area contributed by atoms with Crippen molar-refractivity contribution in [3.8, 4) is 0 Å². The minimum Gasteiger partial charge on any atom is -0.373 e. The van der Waals surface area contributed by atoms with E-state index in [9.17, 15) is 4.79 Å². The number of hydrogen-bond donors (Lipinski definition) is 0. The van der Waals surface area contributed by atoms with Crippen LogP contribution >= 0.6 is 11.9 Å². The van der Waals surface area contributed by atoms with Gasteiger partial charge in [0.2, 0.25) is 0 Å². The van der Waals surface area contributed by atoms with E-state index in [0.29, 0.717) is 19.6 Å². The van der Waals surface area contributed by atoms with E-state index in [1.807, 2.05) is 56.3 Å². The number of hydrogen-bond acceptors (Lipinski definition) is 3. The lowest BCUT2D eigenvalue weighted by atomic mass is 9.93. The van der Waals surface area contributed by atoms with E-state index in [4.69, 9.17) is 16.6 Å². The maximum Gasteiger partial charge on any atom is 0.328 e. The summed E-state index contributed by atoms with van der Waals surface area (Å²) in [4.78, 5) is 11.4. The molecule has 0 aromatic heterocycles. The molecule has 1 aromatic rings. The zero-order valence-corrected chi connectivity index (χ0v) is 12.7. The van der Waals surface area contributed by atoms with Crippen molar-refractivity contribution in [2.45, 2.75) is 26.9 Å². The molecule has 0 saturated carbocycles. The number of allylic oxidation sites excluding steroid dienone is 1. The average Bonchev–Trinajstić information content (AvgIpc) is 2.46. The first-order valence-corrected chi connectivity index (χ1v) is 7.05. The second-order valence-corrected chi connectivity index (χ2v) is 5.11. The van der Waals surface area contributed by atoms with Gasteiger partial charge in [0.15, 0.2) is 0 Å². The van der Waals surface area contributed by atoms with E-state index in [0.717, 1.165) is 5.56 Å². The molecule has 0 aliphatic rings. The summed E-state index contributed by atoms with van der Waals surface area (Å²) in [5.74, 6) is -0.398. The molecule has 0 fully saturated rings. The van der Waals surface area contributed by atoms with E-state index in [-0.39, 0.29) is 17.8 Å². The Hall–Kier alpha value is -1.32. The Balaban J connectivity index is 2.25. The maximum absolute atomic E-state index is 11.4. The van der Waals surface area contributed by atoms with Gasteiger partial charge in [-0.25, -0.2) is 0 Å². The number of carbonyl (C=O) groups excluding carboxylic acids is 1. The summed E-state index contributed by atoms with van der Waals surface area (Å²) >= 11 is 5.12. The van der Waals surface area contributed by atoms with Crippen LogP contribution in [0.25, 0.3) is 0 Å². The van der Waals surface area contributed by atoms with Crippen molar-refractivity contribution in [1.82, 2.24) is 0 Å². The van der Waals surface area contributed by atoms with E-state index >= 15 is 0 Å². The van der Waals surface area contributed by atoms with Crippen LogP contribution in [0.1, 0.15) is 25.8 Å². The minimum atomic E-state index is -0.378. The Morgan fingerprint density at radius 2 is 1.95 bits per heavy atom. The van der Waals surface area contributed by atoms with E-state index in [2.05, 4.69) is 4.29 Å². The molecular weight excluding hydrogens is 276 g/mol. The van der Waals surface area contributed by atoms with Crippen molar-refractivity contribution in [1.29, 1.82) is 0 Å². The molecule has 0 aliphatic carbocycles. The number of benzene rings is 1. The van der Waals surface area contributed by atoms with Crippen LogP contribution < -0.4 is 0 Å². The van der Waals surface area contributed by atoms with Crippen LogP contribution in [0, 0.1) is 11.8 Å². The van der Waals surface area contributed by atoms with Crippen molar-refractivity contribution in [3.05, 3.63) is 48.0 Å². The van der Waals surface area contributed by atoms with Gasteiger partial charge in [0.05, 0.1) is 19.1 Å². The number of halogens is 1. The molecule has 20 heavy (non-hydrogen) atoms. The molecule has 110 valence electrons. The van der Waals surface area contributed by atoms with Crippen molar-refractivity contribution < 1.29 is 13.8 Å². The molecule has 0 unspecified atom stereocenters. The molecular formula is C16H21ClO3. The van der Waals surface area contributed by atoms with Crippen LogP contribution in [0.3, 0.4) is 0 Å². The molecule has 1 rings (SSSR count). The standard InChI is InChI=1S/C16H21ClO3/c1-13(2)15(16(18)20-17)10-6-7-11-19-12-14-8-4-3-5-9-14/h3-9,13,15H,10-12H2,1-2H3/b7-6+/t15-/m0/s1. The molecule has 0 aliphatic heterocycles. The molecule has 0 radical (unpaired) electrons. The summed E-state index contributed by atoms with van der Waals surface area (Å²) in [5.41, 5.74) is 1.15. The monoisotopic (exact) mass is 296 g/mol. The lowest BCUT2D eigenvalue weighted by molar-refractivity contribution is -0.139. The molecule has 0 saturated heterocycles. The zero-order chi connectivity index (χ0) is 14.8. The first-order valence-electron chi connectivity index (χ1n) is 6.74. The number of ether oxygens (including phenoxy) is 1. The van der Waals surface area contributed by atoms with Gasteiger partial charge in [-0.15, -0.1) is 0 Å². The first-order chi connectivity index (χ1) is 9.65. The summed E-state index contributed by atoms with van der Waals surface area (Å²) in [6.07, 6.45) is 4.46. The molecule has 0 N–H and O–H groups in total. The molecule has 3 nitrogen and oxygen atoms in total. The Bertz CT molecular complexity index is 415. The van der Waals surface area contributed by atoms with E-state index < -0.39 is 0 Å². The van der Waals surface area contributed by atoms with Crippen molar-refractivity contribution >= 4 is 17.8 Å². The quantitative estimate of drug-likeness (QED) is 0.535. The largest absolute Gasteiger partial charge is 0.373 e. The fraction of sp³-hybridized carbons (Fsp3) is 0.438. The topological polar surface area (TPSA) is 35.5 Å². The summed E-state index contributed by atoms with van der Waals surface area (Å²) in [7, 11) is 0. The third-order valence-corrected chi connectivity index (χ3v) is 3.22. The van der Waals surface area contributed by atoms with Crippen molar-refractivity contribution in [2.75, 3.05) is 6.61 Å². The van der Waals surface area contributed by atoms with Gasteiger partial charge in [-0.1, -0.05) is 56.3 Å². The second kappa shape index (κ2) is 9.56. The van der Waals surface area contributed by atoms with Crippen LogP contribution in [0.15, 0.2) is 42.5 Å². The summed E-state index contributed by atoms with van der Waals surface area (Å²) in [6.45, 7) is 5.05. The van der Waals surface area contributed by atoms with Gasteiger partial charge in [-0.05, 0) is 17.9 Å². The molecule has 0 bridgehead atoms. The fourth-order valence-corrected chi connectivity index (χ4v) is 1.94. The highest BCUT2D eigenvalue weighted by Gasteiger charge is 2.22. The Labute approximate surface area is 125 Å². The highest BCUT2D eigenvalue weighted by molar-refractivity contribution is 6.13. The van der Waals surface area contributed by atoms with Gasteiger partial charge < -0.3 is 9.03 Å². The second-order valence-electron chi connectivity index (χ2n) is 4.95. The first kappa shape index (κ1) is 16.7. The maximum atomic E-state index is 11.4. The predicted molar refractivity (Wildman–Crippen MR) is 80.1 cm³/mol.